The van der Waals surface area contributed by atoms with Crippen LogP contribution < -0.4 is 0 Å². The summed E-state index contributed by atoms with van der Waals surface area (Å²) in [5.41, 5.74) is 0. The summed E-state index contributed by atoms with van der Waals surface area (Å²) < 4.78 is 0. The van der Waals surface area contributed by atoms with Crippen molar-refractivity contribution in [2.75, 3.05) is 26.8 Å². The van der Waals surface area contributed by atoms with E-state index in [1.807, 2.05) is 0 Å². The second kappa shape index (κ2) is 13.4. The lowest BCUT2D eigenvalue weighted by Gasteiger charge is -2.00. The molecule has 0 amide bonds. The highest BCUT2D eigenvalue weighted by atomic mass is 32.2. The molecule has 0 saturated carbocycles. The van der Waals surface area contributed by atoms with Crippen molar-refractivity contribution >= 4 is 47.0 Å². The highest BCUT2D eigenvalue weighted by Crippen LogP contribution is 2.21. The standard InChI is InChI=1S/C9H20S4/c1-3-5-10-7-12-9-13-8-11-6-4-2/h3-9H2,1-2H3. The van der Waals surface area contributed by atoms with Gasteiger partial charge in [0.15, 0.2) is 0 Å². The van der Waals surface area contributed by atoms with Crippen LogP contribution in [0.3, 0.4) is 0 Å². The van der Waals surface area contributed by atoms with Crippen molar-refractivity contribution in [2.24, 2.45) is 0 Å². The van der Waals surface area contributed by atoms with Gasteiger partial charge >= 0.3 is 0 Å². The fourth-order valence-electron chi connectivity index (χ4n) is 0.651. The minimum absolute atomic E-state index is 1.27. The van der Waals surface area contributed by atoms with E-state index in [4.69, 9.17) is 0 Å². The van der Waals surface area contributed by atoms with E-state index in [0.29, 0.717) is 0 Å². The van der Waals surface area contributed by atoms with Gasteiger partial charge in [0.05, 0.1) is 0 Å². The molecule has 0 spiro atoms. The zero-order valence-corrected chi connectivity index (χ0v) is 11.8. The minimum Gasteiger partial charge on any atom is -0.151 e. The van der Waals surface area contributed by atoms with E-state index in [9.17, 15) is 0 Å². The maximum Gasteiger partial charge on any atom is 0.0408 e. The van der Waals surface area contributed by atoms with Gasteiger partial charge in [0.2, 0.25) is 0 Å². The molecular weight excluding hydrogens is 236 g/mol. The Hall–Kier alpha value is 1.40. The maximum atomic E-state index is 2.24. The molecule has 0 aromatic heterocycles. The van der Waals surface area contributed by atoms with Crippen molar-refractivity contribution in [2.45, 2.75) is 26.7 Å². The van der Waals surface area contributed by atoms with E-state index < -0.39 is 0 Å². The summed E-state index contributed by atoms with van der Waals surface area (Å²) in [6.45, 7) is 4.49. The molecule has 0 aliphatic heterocycles. The predicted octanol–water partition coefficient (Wildman–Crippen LogP) is 4.61. The molecule has 0 heterocycles. The van der Waals surface area contributed by atoms with Crippen LogP contribution >= 0.6 is 47.0 Å². The summed E-state index contributed by atoms with van der Waals surface area (Å²) in [5, 5.41) is 3.83. The van der Waals surface area contributed by atoms with Crippen LogP contribution in [0.5, 0.6) is 0 Å². The van der Waals surface area contributed by atoms with E-state index in [1.165, 1.54) is 39.6 Å². The van der Waals surface area contributed by atoms with E-state index in [2.05, 4.69) is 60.9 Å². The fourth-order valence-corrected chi connectivity index (χ4v) is 5.35. The van der Waals surface area contributed by atoms with Crippen LogP contribution in [0.1, 0.15) is 26.7 Å². The number of rotatable bonds is 10. The molecule has 0 aliphatic rings. The van der Waals surface area contributed by atoms with Crippen molar-refractivity contribution in [3.05, 3.63) is 0 Å². The summed E-state index contributed by atoms with van der Waals surface area (Å²) in [7, 11) is 0. The lowest BCUT2D eigenvalue weighted by Crippen LogP contribution is -1.80. The molecule has 0 rings (SSSR count). The minimum atomic E-state index is 1.27. The van der Waals surface area contributed by atoms with Gasteiger partial charge in [-0.2, -0.15) is 23.5 Å². The Morgan fingerprint density at radius 3 is 1.38 bits per heavy atom. The van der Waals surface area contributed by atoms with Gasteiger partial charge in [-0.1, -0.05) is 13.8 Å². The van der Waals surface area contributed by atoms with E-state index in [0.717, 1.165) is 0 Å². The Balaban J connectivity index is 2.76. The molecule has 13 heavy (non-hydrogen) atoms. The van der Waals surface area contributed by atoms with Gasteiger partial charge in [-0.3, -0.25) is 0 Å². The van der Waals surface area contributed by atoms with Gasteiger partial charge in [0.1, 0.15) is 0 Å². The Kier molecular flexibility index (Phi) is 14.8. The van der Waals surface area contributed by atoms with Crippen molar-refractivity contribution in [1.29, 1.82) is 0 Å². The van der Waals surface area contributed by atoms with E-state index in [1.54, 1.807) is 0 Å². The molecule has 0 N–H and O–H groups in total. The van der Waals surface area contributed by atoms with Crippen LogP contribution in [-0.4, -0.2) is 26.8 Å². The number of thioether (sulfide) groups is 4. The highest BCUT2D eigenvalue weighted by molar-refractivity contribution is 8.26. The topological polar surface area (TPSA) is 0 Å². The molecule has 0 atom stereocenters. The van der Waals surface area contributed by atoms with Crippen LogP contribution in [0.2, 0.25) is 0 Å². The maximum absolute atomic E-state index is 2.24. The van der Waals surface area contributed by atoms with Crippen LogP contribution in [0.4, 0.5) is 0 Å². The van der Waals surface area contributed by atoms with Gasteiger partial charge in [0.25, 0.3) is 0 Å². The largest absolute Gasteiger partial charge is 0.151 e. The summed E-state index contributed by atoms with van der Waals surface area (Å²) in [5.74, 6) is 2.64. The quantitative estimate of drug-likeness (QED) is 0.413. The Bertz CT molecular complexity index is 77.7. The average Bonchev–Trinajstić information content (AvgIpc) is 2.16. The smallest absolute Gasteiger partial charge is 0.0408 e. The monoisotopic (exact) mass is 256 g/mol. The van der Waals surface area contributed by atoms with Crippen molar-refractivity contribution in [3.63, 3.8) is 0 Å². The summed E-state index contributed by atoms with van der Waals surface area (Å²) >= 11 is 8.26. The first-order valence-corrected chi connectivity index (χ1v) is 9.34. The third-order valence-electron chi connectivity index (χ3n) is 1.20. The molecule has 0 unspecified atom stereocenters. The van der Waals surface area contributed by atoms with Crippen LogP contribution in [-0.2, 0) is 0 Å². The molecule has 0 nitrogen and oxygen atoms in total. The normalized spacial score (nSPS) is 10.6. The first-order chi connectivity index (χ1) is 6.41. The van der Waals surface area contributed by atoms with Crippen molar-refractivity contribution in [3.8, 4) is 0 Å². The number of hydrogen-bond donors (Lipinski definition) is 0. The summed E-state index contributed by atoms with van der Waals surface area (Å²) in [4.78, 5) is 0. The molecule has 0 aromatic rings. The zero-order chi connectivity index (χ0) is 9.78. The zero-order valence-electron chi connectivity index (χ0n) is 8.58. The first kappa shape index (κ1) is 14.4. The molecule has 80 valence electrons. The highest BCUT2D eigenvalue weighted by Gasteiger charge is 1.91. The molecule has 0 aromatic carbocycles. The SMILES string of the molecule is CCCSCSCSCSCCC. The number of hydrogen-bond acceptors (Lipinski definition) is 4. The van der Waals surface area contributed by atoms with Crippen LogP contribution in [0, 0.1) is 0 Å². The molecule has 4 heteroatoms. The van der Waals surface area contributed by atoms with Crippen LogP contribution in [0.15, 0.2) is 0 Å². The molecule has 0 bridgehead atoms. The lowest BCUT2D eigenvalue weighted by atomic mass is 10.6. The Morgan fingerprint density at radius 2 is 1.00 bits per heavy atom. The second-order valence-electron chi connectivity index (χ2n) is 2.58. The summed E-state index contributed by atoms with van der Waals surface area (Å²) in [6.07, 6.45) is 2.62. The van der Waals surface area contributed by atoms with Crippen LogP contribution in [0.25, 0.3) is 0 Å². The molecule has 0 radical (unpaired) electrons. The van der Waals surface area contributed by atoms with Gasteiger partial charge in [-0.25, -0.2) is 0 Å². The third kappa shape index (κ3) is 13.4. The molecule has 0 saturated heterocycles. The fraction of sp³-hybridized carbons (Fsp3) is 1.00. The van der Waals surface area contributed by atoms with Gasteiger partial charge < -0.3 is 0 Å². The van der Waals surface area contributed by atoms with Crippen molar-refractivity contribution < 1.29 is 0 Å². The molecule has 0 aliphatic carbocycles. The molecule has 0 fully saturated rings. The average molecular weight is 257 g/mol. The third-order valence-corrected chi connectivity index (χ3v) is 6.59. The van der Waals surface area contributed by atoms with Gasteiger partial charge in [-0.15, -0.1) is 23.5 Å². The van der Waals surface area contributed by atoms with E-state index in [-0.39, 0.29) is 0 Å². The van der Waals surface area contributed by atoms with Gasteiger partial charge in [-0.05, 0) is 24.3 Å². The van der Waals surface area contributed by atoms with E-state index >= 15 is 0 Å². The van der Waals surface area contributed by atoms with Crippen molar-refractivity contribution in [1.82, 2.24) is 0 Å². The summed E-state index contributed by atoms with van der Waals surface area (Å²) in [6, 6.07) is 0. The Morgan fingerprint density at radius 1 is 0.615 bits per heavy atom. The van der Waals surface area contributed by atoms with Gasteiger partial charge in [0, 0.05) is 15.3 Å². The molecular formula is C9H20S4. The predicted molar refractivity (Wildman–Crippen MR) is 75.3 cm³/mol. The first-order valence-electron chi connectivity index (χ1n) is 4.72. The lowest BCUT2D eigenvalue weighted by molar-refractivity contribution is 1.11. The Labute approximate surface area is 100 Å². The second-order valence-corrected chi connectivity index (χ2v) is 7.86.